The van der Waals surface area contributed by atoms with E-state index in [1.807, 2.05) is 0 Å². The van der Waals surface area contributed by atoms with Gasteiger partial charge < -0.3 is 14.6 Å². The Morgan fingerprint density at radius 3 is 2.72 bits per heavy atom. The maximum Gasteiger partial charge on any atom is 0.360 e. The highest BCUT2D eigenvalue weighted by Crippen LogP contribution is 2.10. The number of oxime groups is 1. The Morgan fingerprint density at radius 1 is 1.61 bits per heavy atom. The Labute approximate surface area is 108 Å². The molecule has 1 atom stereocenters. The van der Waals surface area contributed by atoms with Crippen LogP contribution in [0.5, 0.6) is 0 Å². The number of thiazole rings is 1. The van der Waals surface area contributed by atoms with Gasteiger partial charge in [0.25, 0.3) is 0 Å². The first-order valence-electron chi connectivity index (χ1n) is 4.93. The number of carboxylic acids is 1. The van der Waals surface area contributed by atoms with Crippen LogP contribution < -0.4 is 0 Å². The lowest BCUT2D eigenvalue weighted by Crippen LogP contribution is -2.23. The first-order valence-corrected chi connectivity index (χ1v) is 5.81. The second-order valence-corrected chi connectivity index (χ2v) is 4.33. The van der Waals surface area contributed by atoms with Gasteiger partial charge in [-0.15, -0.1) is 11.3 Å². The lowest BCUT2D eigenvalue weighted by Gasteiger charge is -2.07. The van der Waals surface area contributed by atoms with Crippen LogP contribution in [0.4, 0.5) is 0 Å². The van der Waals surface area contributed by atoms with Crippen molar-refractivity contribution in [3.05, 3.63) is 16.1 Å². The summed E-state index contributed by atoms with van der Waals surface area (Å²) in [5.41, 5.74) is -0.155. The molecule has 7 nitrogen and oxygen atoms in total. The zero-order valence-corrected chi connectivity index (χ0v) is 10.9. The summed E-state index contributed by atoms with van der Waals surface area (Å²) in [6.45, 7) is 3.15. The normalized spacial score (nSPS) is 12.9. The molecule has 1 rings (SSSR count). The van der Waals surface area contributed by atoms with Crippen molar-refractivity contribution < 1.29 is 24.2 Å². The topological polar surface area (TPSA) is 98.1 Å². The van der Waals surface area contributed by atoms with Crippen LogP contribution in [0.2, 0.25) is 0 Å². The van der Waals surface area contributed by atoms with Crippen LogP contribution in [-0.2, 0) is 19.1 Å². The monoisotopic (exact) mass is 270 g/mol. The molecule has 0 spiro atoms. The van der Waals surface area contributed by atoms with E-state index in [0.29, 0.717) is 5.01 Å². The summed E-state index contributed by atoms with van der Waals surface area (Å²) >= 11 is 1.29. The molecule has 9 heteroatoms. The van der Waals surface area contributed by atoms with Crippen molar-refractivity contribution in [2.45, 2.75) is 20.0 Å². The molecule has 0 saturated heterocycles. The minimum atomic E-state index is -1.28. The first kappa shape index (κ1) is 14.2. The average Bonchev–Trinajstić information content (AvgIpc) is 2.74. The van der Waals surface area contributed by atoms with Gasteiger partial charge in [-0.1, -0.05) is 5.16 Å². The number of rotatable bonds is 5. The number of aryl methyl sites for hydroxylation is 1. The highest BCUT2D eigenvalue weighted by Gasteiger charge is 2.19. The largest absolute Gasteiger partial charge is 0.541 e. The number of nitrogens with zero attached hydrogens (tertiary/aromatic N) is 2. The number of hydrogen-bond acceptors (Lipinski definition) is 7. The van der Waals surface area contributed by atoms with E-state index in [0.717, 1.165) is 0 Å². The first-order chi connectivity index (χ1) is 8.45. The third kappa shape index (κ3) is 3.55. The van der Waals surface area contributed by atoms with E-state index < -0.39 is 18.0 Å². The molecular weight excluding hydrogens is 259 g/mol. The standard InChI is InChI=1S/C9H11BN2O5S/c1-4(9(15)16-10)17-12-7(8(13)14)6-3-18-5(2)11-6/h3-4H,10H2,1-2H3,(H,13,14)/b12-7-/t4-/m1/s1. The molecule has 0 aliphatic heterocycles. The summed E-state index contributed by atoms with van der Waals surface area (Å²) < 4.78 is 4.42. The van der Waals surface area contributed by atoms with Gasteiger partial charge in [-0.05, 0) is 13.8 Å². The molecule has 1 heterocycles. The number of aromatic nitrogens is 1. The fourth-order valence-electron chi connectivity index (χ4n) is 1.01. The van der Waals surface area contributed by atoms with Crippen LogP contribution in [-0.4, -0.2) is 41.9 Å². The Hall–Kier alpha value is -1.90. The van der Waals surface area contributed by atoms with Gasteiger partial charge in [0.2, 0.25) is 11.8 Å². The molecule has 1 aromatic heterocycles. The summed E-state index contributed by atoms with van der Waals surface area (Å²) in [7, 11) is 1.20. The summed E-state index contributed by atoms with van der Waals surface area (Å²) in [6, 6.07) is 0. The van der Waals surface area contributed by atoms with Gasteiger partial charge in [-0.3, -0.25) is 0 Å². The van der Waals surface area contributed by atoms with Crippen LogP contribution in [0.1, 0.15) is 17.6 Å². The van der Waals surface area contributed by atoms with E-state index in [4.69, 9.17) is 9.94 Å². The van der Waals surface area contributed by atoms with E-state index in [1.165, 1.54) is 26.3 Å². The molecular formula is C9H11BN2O5S. The number of carbonyl (C=O) groups is 2. The SMILES string of the molecule is BOC(=O)[C@@H](C)O/N=C(\C(=O)O)c1csc(C)n1. The van der Waals surface area contributed by atoms with E-state index in [2.05, 4.69) is 14.8 Å². The van der Waals surface area contributed by atoms with Crippen molar-refractivity contribution >= 4 is 37.0 Å². The number of carboxylic acid groups (broad SMARTS) is 1. The highest BCUT2D eigenvalue weighted by molar-refractivity contribution is 7.09. The lowest BCUT2D eigenvalue weighted by atomic mass is 10.3. The molecule has 0 unspecified atom stereocenters. The van der Waals surface area contributed by atoms with E-state index in [-0.39, 0.29) is 11.4 Å². The van der Waals surface area contributed by atoms with Gasteiger partial charge in [-0.2, -0.15) is 0 Å². The third-order valence-electron chi connectivity index (χ3n) is 1.90. The third-order valence-corrected chi connectivity index (χ3v) is 2.67. The maximum atomic E-state index is 11.1. The maximum absolute atomic E-state index is 11.1. The zero-order valence-electron chi connectivity index (χ0n) is 10.0. The van der Waals surface area contributed by atoms with Crippen molar-refractivity contribution in [3.63, 3.8) is 0 Å². The molecule has 0 bridgehead atoms. The molecule has 1 N–H and O–H groups in total. The molecule has 0 radical (unpaired) electrons. The number of aliphatic carboxylic acids is 1. The Balaban J connectivity index is 2.86. The van der Waals surface area contributed by atoms with Crippen LogP contribution in [0, 0.1) is 6.92 Å². The van der Waals surface area contributed by atoms with Crippen LogP contribution in [0.3, 0.4) is 0 Å². The molecule has 0 saturated carbocycles. The Morgan fingerprint density at radius 2 is 2.28 bits per heavy atom. The zero-order chi connectivity index (χ0) is 13.7. The summed E-state index contributed by atoms with van der Waals surface area (Å²) in [4.78, 5) is 30.8. The van der Waals surface area contributed by atoms with Gasteiger partial charge in [-0.25, -0.2) is 14.6 Å². The van der Waals surface area contributed by atoms with Crippen molar-refractivity contribution in [3.8, 4) is 0 Å². The summed E-state index contributed by atoms with van der Waals surface area (Å²) in [5, 5.41) is 14.7. The predicted molar refractivity (Wildman–Crippen MR) is 66.2 cm³/mol. The predicted octanol–water partition coefficient (Wildman–Crippen LogP) is -0.263. The van der Waals surface area contributed by atoms with Gasteiger partial charge in [0.15, 0.2) is 0 Å². The average molecular weight is 270 g/mol. The summed E-state index contributed by atoms with van der Waals surface area (Å²) in [6.07, 6.45) is -0.982. The van der Waals surface area contributed by atoms with Gasteiger partial charge >= 0.3 is 20.0 Å². The minimum absolute atomic E-state index is 0.196. The van der Waals surface area contributed by atoms with Gasteiger partial charge in [0.05, 0.1) is 5.01 Å². The molecule has 0 aliphatic rings. The number of hydrogen-bond donors (Lipinski definition) is 1. The van der Waals surface area contributed by atoms with Crippen molar-refractivity contribution in [1.82, 2.24) is 4.98 Å². The minimum Gasteiger partial charge on any atom is -0.541 e. The summed E-state index contributed by atoms with van der Waals surface area (Å²) in [5.74, 6) is -1.92. The Kier molecular flexibility index (Phi) is 4.84. The quantitative estimate of drug-likeness (QED) is 0.449. The van der Waals surface area contributed by atoms with E-state index >= 15 is 0 Å². The fourth-order valence-corrected chi connectivity index (χ4v) is 1.61. The molecule has 0 fully saturated rings. The molecule has 0 amide bonds. The van der Waals surface area contributed by atoms with Crippen molar-refractivity contribution in [1.29, 1.82) is 0 Å². The van der Waals surface area contributed by atoms with Crippen LogP contribution >= 0.6 is 11.3 Å². The second kappa shape index (κ2) is 6.15. The Bertz CT molecular complexity index is 487. The molecule has 0 aliphatic carbocycles. The fraction of sp³-hybridized carbons (Fsp3) is 0.333. The van der Waals surface area contributed by atoms with Crippen LogP contribution in [0.25, 0.3) is 0 Å². The lowest BCUT2D eigenvalue weighted by molar-refractivity contribution is -0.146. The van der Waals surface area contributed by atoms with Gasteiger partial charge in [0.1, 0.15) is 5.69 Å². The van der Waals surface area contributed by atoms with Gasteiger partial charge in [0, 0.05) is 5.38 Å². The second-order valence-electron chi connectivity index (χ2n) is 3.27. The van der Waals surface area contributed by atoms with Crippen LogP contribution in [0.15, 0.2) is 10.5 Å². The van der Waals surface area contributed by atoms with Crippen molar-refractivity contribution in [2.24, 2.45) is 5.16 Å². The molecule has 18 heavy (non-hydrogen) atoms. The van der Waals surface area contributed by atoms with Crippen molar-refractivity contribution in [2.75, 3.05) is 0 Å². The highest BCUT2D eigenvalue weighted by atomic mass is 32.1. The molecule has 96 valence electrons. The number of carbonyl (C=O) groups excluding carboxylic acids is 1. The van der Waals surface area contributed by atoms with E-state index in [9.17, 15) is 9.59 Å². The molecule has 1 aromatic rings. The van der Waals surface area contributed by atoms with E-state index in [1.54, 1.807) is 12.3 Å². The smallest absolute Gasteiger partial charge is 0.360 e. The molecule has 0 aromatic carbocycles.